The van der Waals surface area contributed by atoms with Gasteiger partial charge in [0.1, 0.15) is 0 Å². The Hall–Kier alpha value is -2.43. The quantitative estimate of drug-likeness (QED) is 0.912. The first-order chi connectivity index (χ1) is 9.13. The van der Waals surface area contributed by atoms with Gasteiger partial charge in [0.15, 0.2) is 0 Å². The second kappa shape index (κ2) is 5.48. The van der Waals surface area contributed by atoms with Crippen molar-refractivity contribution in [3.63, 3.8) is 0 Å². The van der Waals surface area contributed by atoms with Crippen molar-refractivity contribution >= 4 is 17.6 Å². The molecule has 5 nitrogen and oxygen atoms in total. The van der Waals surface area contributed by atoms with Crippen molar-refractivity contribution in [3.8, 4) is 0 Å². The van der Waals surface area contributed by atoms with E-state index in [0.29, 0.717) is 18.2 Å². The highest BCUT2D eigenvalue weighted by atomic mass is 16.4. The molecule has 0 aliphatic heterocycles. The predicted molar refractivity (Wildman–Crippen MR) is 72.9 cm³/mol. The van der Waals surface area contributed by atoms with E-state index in [1.807, 2.05) is 42.2 Å². The van der Waals surface area contributed by atoms with E-state index in [-0.39, 0.29) is 5.56 Å². The zero-order chi connectivity index (χ0) is 13.8. The molecule has 5 heteroatoms. The topological polar surface area (TPSA) is 66.3 Å². The van der Waals surface area contributed by atoms with E-state index in [4.69, 9.17) is 5.11 Å². The van der Waals surface area contributed by atoms with Gasteiger partial charge in [-0.2, -0.15) is 0 Å². The van der Waals surface area contributed by atoms with E-state index >= 15 is 0 Å². The van der Waals surface area contributed by atoms with Gasteiger partial charge in [0, 0.05) is 18.4 Å². The van der Waals surface area contributed by atoms with Gasteiger partial charge in [-0.05, 0) is 26.0 Å². The molecule has 2 aromatic rings. The van der Waals surface area contributed by atoms with E-state index < -0.39 is 5.97 Å². The lowest BCUT2D eigenvalue weighted by Gasteiger charge is -2.21. The lowest BCUT2D eigenvalue weighted by molar-refractivity contribution is 0.0695. The predicted octanol–water partition coefficient (Wildman–Crippen LogP) is 2.64. The standard InChI is InChI=1S/C14H15N3O2/c1-3-17(11-7-5-4-6-8-11)14-15-9-12(13(18)19)10(2)16-14/h4-9H,3H2,1-2H3,(H,18,19). The minimum absolute atomic E-state index is 0.132. The maximum Gasteiger partial charge on any atom is 0.339 e. The van der Waals surface area contributed by atoms with Gasteiger partial charge in [0.2, 0.25) is 5.95 Å². The molecule has 1 aromatic carbocycles. The van der Waals surface area contributed by atoms with Gasteiger partial charge in [0.05, 0.1) is 11.3 Å². The Labute approximate surface area is 111 Å². The molecule has 0 bridgehead atoms. The molecule has 1 aromatic heterocycles. The van der Waals surface area contributed by atoms with Crippen LogP contribution in [0.4, 0.5) is 11.6 Å². The molecular weight excluding hydrogens is 242 g/mol. The average molecular weight is 257 g/mol. The number of aromatic nitrogens is 2. The van der Waals surface area contributed by atoms with E-state index in [2.05, 4.69) is 9.97 Å². The third-order valence-corrected chi connectivity index (χ3v) is 2.82. The summed E-state index contributed by atoms with van der Waals surface area (Å²) < 4.78 is 0. The van der Waals surface area contributed by atoms with Crippen molar-refractivity contribution in [1.29, 1.82) is 0 Å². The number of carbonyl (C=O) groups is 1. The number of anilines is 2. The smallest absolute Gasteiger partial charge is 0.339 e. The van der Waals surface area contributed by atoms with Gasteiger partial charge in [-0.1, -0.05) is 18.2 Å². The molecule has 0 spiro atoms. The Balaban J connectivity index is 2.40. The van der Waals surface area contributed by atoms with Crippen LogP contribution < -0.4 is 4.90 Å². The number of aromatic carboxylic acids is 1. The fraction of sp³-hybridized carbons (Fsp3) is 0.214. The fourth-order valence-electron chi connectivity index (χ4n) is 1.84. The van der Waals surface area contributed by atoms with E-state index in [0.717, 1.165) is 5.69 Å². The van der Waals surface area contributed by atoms with Gasteiger partial charge in [-0.15, -0.1) is 0 Å². The number of rotatable bonds is 4. The Morgan fingerprint density at radius 3 is 2.53 bits per heavy atom. The summed E-state index contributed by atoms with van der Waals surface area (Å²) in [5.74, 6) is -0.497. The van der Waals surface area contributed by atoms with Crippen molar-refractivity contribution in [3.05, 3.63) is 47.8 Å². The molecule has 0 fully saturated rings. The molecule has 2 rings (SSSR count). The monoisotopic (exact) mass is 257 g/mol. The van der Waals surface area contributed by atoms with Crippen LogP contribution in [0.1, 0.15) is 23.0 Å². The van der Waals surface area contributed by atoms with E-state index in [1.54, 1.807) is 6.92 Å². The summed E-state index contributed by atoms with van der Waals surface area (Å²) in [7, 11) is 0. The molecule has 0 aliphatic rings. The van der Waals surface area contributed by atoms with E-state index in [9.17, 15) is 4.79 Å². The number of carboxylic acid groups (broad SMARTS) is 1. The SMILES string of the molecule is CCN(c1ccccc1)c1ncc(C(=O)O)c(C)n1. The summed E-state index contributed by atoms with van der Waals surface area (Å²) in [6.07, 6.45) is 1.35. The van der Waals surface area contributed by atoms with Crippen LogP contribution in [0.3, 0.4) is 0 Å². The molecule has 1 N–H and O–H groups in total. The number of aryl methyl sites for hydroxylation is 1. The van der Waals surface area contributed by atoms with Gasteiger partial charge < -0.3 is 10.0 Å². The molecule has 0 amide bonds. The van der Waals surface area contributed by atoms with E-state index in [1.165, 1.54) is 6.20 Å². The summed E-state index contributed by atoms with van der Waals surface area (Å²) in [6, 6.07) is 9.75. The Kier molecular flexibility index (Phi) is 3.75. The van der Waals surface area contributed by atoms with Crippen LogP contribution in [0.25, 0.3) is 0 Å². The summed E-state index contributed by atoms with van der Waals surface area (Å²) in [6.45, 7) is 4.38. The molecule has 0 atom stereocenters. The molecule has 0 aliphatic carbocycles. The van der Waals surface area contributed by atoms with Crippen molar-refractivity contribution in [2.24, 2.45) is 0 Å². The highest BCUT2D eigenvalue weighted by molar-refractivity contribution is 5.88. The number of hydrogen-bond acceptors (Lipinski definition) is 4. The van der Waals surface area contributed by atoms with Crippen LogP contribution in [-0.2, 0) is 0 Å². The van der Waals surface area contributed by atoms with Crippen LogP contribution in [0.15, 0.2) is 36.5 Å². The number of nitrogens with zero attached hydrogens (tertiary/aromatic N) is 3. The van der Waals surface area contributed by atoms with Gasteiger partial charge >= 0.3 is 5.97 Å². The zero-order valence-electron chi connectivity index (χ0n) is 10.9. The molecule has 0 radical (unpaired) electrons. The van der Waals surface area contributed by atoms with Crippen LogP contribution in [0.2, 0.25) is 0 Å². The minimum atomic E-state index is -1.01. The molecular formula is C14H15N3O2. The first kappa shape index (κ1) is 13.0. The van der Waals surface area contributed by atoms with Crippen molar-refractivity contribution in [2.75, 3.05) is 11.4 Å². The van der Waals surface area contributed by atoms with Crippen LogP contribution >= 0.6 is 0 Å². The second-order valence-corrected chi connectivity index (χ2v) is 4.05. The number of para-hydroxylation sites is 1. The van der Waals surface area contributed by atoms with Gasteiger partial charge in [-0.25, -0.2) is 14.8 Å². The van der Waals surface area contributed by atoms with Gasteiger partial charge in [0.25, 0.3) is 0 Å². The number of benzene rings is 1. The molecule has 0 unspecified atom stereocenters. The summed E-state index contributed by atoms with van der Waals surface area (Å²) in [5, 5.41) is 8.98. The van der Waals surface area contributed by atoms with Crippen LogP contribution in [-0.4, -0.2) is 27.6 Å². The van der Waals surface area contributed by atoms with Crippen molar-refractivity contribution < 1.29 is 9.90 Å². The van der Waals surface area contributed by atoms with Gasteiger partial charge in [-0.3, -0.25) is 0 Å². The number of hydrogen-bond donors (Lipinski definition) is 1. The first-order valence-corrected chi connectivity index (χ1v) is 6.03. The lowest BCUT2D eigenvalue weighted by Crippen LogP contribution is -2.20. The van der Waals surface area contributed by atoms with Crippen molar-refractivity contribution in [2.45, 2.75) is 13.8 Å². The Morgan fingerprint density at radius 2 is 2.00 bits per heavy atom. The summed E-state index contributed by atoms with van der Waals surface area (Å²) in [4.78, 5) is 21.3. The van der Waals surface area contributed by atoms with Crippen LogP contribution in [0, 0.1) is 6.92 Å². The number of carboxylic acids is 1. The summed E-state index contributed by atoms with van der Waals surface area (Å²) >= 11 is 0. The Morgan fingerprint density at radius 1 is 1.32 bits per heavy atom. The second-order valence-electron chi connectivity index (χ2n) is 4.05. The lowest BCUT2D eigenvalue weighted by atomic mass is 10.2. The highest BCUT2D eigenvalue weighted by Crippen LogP contribution is 2.21. The normalized spacial score (nSPS) is 10.2. The largest absolute Gasteiger partial charge is 0.478 e. The summed E-state index contributed by atoms with van der Waals surface area (Å²) in [5.41, 5.74) is 1.58. The maximum atomic E-state index is 10.9. The molecule has 0 saturated heterocycles. The molecule has 0 saturated carbocycles. The molecule has 98 valence electrons. The fourth-order valence-corrected chi connectivity index (χ4v) is 1.84. The average Bonchev–Trinajstić information content (AvgIpc) is 2.40. The third kappa shape index (κ3) is 2.70. The minimum Gasteiger partial charge on any atom is -0.478 e. The third-order valence-electron chi connectivity index (χ3n) is 2.82. The Bertz CT molecular complexity index is 584. The van der Waals surface area contributed by atoms with Crippen molar-refractivity contribution in [1.82, 2.24) is 9.97 Å². The van der Waals surface area contributed by atoms with Crippen LogP contribution in [0.5, 0.6) is 0 Å². The highest BCUT2D eigenvalue weighted by Gasteiger charge is 2.14. The first-order valence-electron chi connectivity index (χ1n) is 6.03. The molecule has 1 heterocycles. The maximum absolute atomic E-state index is 10.9. The zero-order valence-corrected chi connectivity index (χ0v) is 10.9. The molecule has 19 heavy (non-hydrogen) atoms.